The maximum absolute atomic E-state index is 13.4. The number of hydrogen-bond acceptors (Lipinski definition) is 2. The lowest BCUT2D eigenvalue weighted by atomic mass is 9.86. The van der Waals surface area contributed by atoms with E-state index >= 15 is 0 Å². The van der Waals surface area contributed by atoms with E-state index in [0.717, 1.165) is 12.1 Å². The molecule has 2 aromatic carbocycles. The molecule has 0 saturated carbocycles. The molecule has 110 valence electrons. The number of amides is 1. The van der Waals surface area contributed by atoms with E-state index in [0.29, 0.717) is 10.6 Å². The first-order valence-electron chi connectivity index (χ1n) is 6.05. The van der Waals surface area contributed by atoms with E-state index < -0.39 is 17.3 Å². The summed E-state index contributed by atoms with van der Waals surface area (Å²) in [6.45, 7) is 0. The topological polar surface area (TPSA) is 63.3 Å². The Kier molecular flexibility index (Phi) is 4.52. The fourth-order valence-electron chi connectivity index (χ4n) is 2.03. The van der Waals surface area contributed by atoms with E-state index in [9.17, 15) is 14.3 Å². The van der Waals surface area contributed by atoms with Gasteiger partial charge in [-0.1, -0.05) is 35.3 Å². The highest BCUT2D eigenvalue weighted by atomic mass is 35.5. The van der Waals surface area contributed by atoms with Gasteiger partial charge in [0.1, 0.15) is 5.82 Å². The van der Waals surface area contributed by atoms with Crippen LogP contribution >= 0.6 is 23.2 Å². The number of aliphatic hydroxyl groups is 1. The number of carbonyl (C=O) groups is 1. The summed E-state index contributed by atoms with van der Waals surface area (Å²) in [6, 6.07) is 9.92. The molecule has 2 rings (SSSR count). The van der Waals surface area contributed by atoms with Crippen LogP contribution < -0.4 is 5.73 Å². The van der Waals surface area contributed by atoms with E-state index in [1.54, 1.807) is 24.3 Å². The highest BCUT2D eigenvalue weighted by Gasteiger charge is 2.38. The van der Waals surface area contributed by atoms with Crippen molar-refractivity contribution < 1.29 is 14.3 Å². The maximum atomic E-state index is 13.4. The molecule has 21 heavy (non-hydrogen) atoms. The molecule has 0 bridgehead atoms. The Morgan fingerprint density at radius 2 is 1.81 bits per heavy atom. The standard InChI is InChI=1S/C15H12Cl2FNO2/c16-10-3-1-9(2-4-10)8-15(21,14(19)20)12-7-11(18)5-6-13(12)17/h1-7,21H,8H2,(H2,19,20). The Morgan fingerprint density at radius 1 is 1.19 bits per heavy atom. The smallest absolute Gasteiger partial charge is 0.254 e. The Hall–Kier alpha value is -1.62. The van der Waals surface area contributed by atoms with Crippen molar-refractivity contribution in [3.8, 4) is 0 Å². The molecular formula is C15H12Cl2FNO2. The van der Waals surface area contributed by atoms with Gasteiger partial charge < -0.3 is 10.8 Å². The minimum atomic E-state index is -2.10. The van der Waals surface area contributed by atoms with Crippen LogP contribution in [0.4, 0.5) is 4.39 Å². The van der Waals surface area contributed by atoms with Crippen LogP contribution in [0.15, 0.2) is 42.5 Å². The van der Waals surface area contributed by atoms with Crippen LogP contribution in [0.2, 0.25) is 10.0 Å². The molecule has 3 N–H and O–H groups in total. The van der Waals surface area contributed by atoms with Crippen molar-refractivity contribution in [1.82, 2.24) is 0 Å². The Morgan fingerprint density at radius 3 is 2.38 bits per heavy atom. The lowest BCUT2D eigenvalue weighted by Gasteiger charge is -2.26. The Balaban J connectivity index is 2.47. The lowest BCUT2D eigenvalue weighted by molar-refractivity contribution is -0.137. The van der Waals surface area contributed by atoms with E-state index in [1.165, 1.54) is 6.07 Å². The van der Waals surface area contributed by atoms with Crippen LogP contribution in [0, 0.1) is 5.82 Å². The molecule has 6 heteroatoms. The van der Waals surface area contributed by atoms with Gasteiger partial charge in [-0.15, -0.1) is 0 Å². The van der Waals surface area contributed by atoms with Crippen molar-refractivity contribution in [2.24, 2.45) is 5.73 Å². The Labute approximate surface area is 131 Å². The molecule has 0 aromatic heterocycles. The summed E-state index contributed by atoms with van der Waals surface area (Å²) in [4.78, 5) is 11.7. The van der Waals surface area contributed by atoms with Crippen molar-refractivity contribution in [3.63, 3.8) is 0 Å². The molecule has 0 aliphatic heterocycles. The second-order valence-corrected chi connectivity index (χ2v) is 5.50. The summed E-state index contributed by atoms with van der Waals surface area (Å²) in [6.07, 6.45) is -0.136. The number of nitrogens with two attached hydrogens (primary N) is 1. The maximum Gasteiger partial charge on any atom is 0.254 e. The van der Waals surface area contributed by atoms with Crippen LogP contribution in [0.25, 0.3) is 0 Å². The van der Waals surface area contributed by atoms with Crippen molar-refractivity contribution in [3.05, 3.63) is 69.5 Å². The van der Waals surface area contributed by atoms with Gasteiger partial charge in [0, 0.05) is 22.0 Å². The summed E-state index contributed by atoms with van der Waals surface area (Å²) in [5, 5.41) is 11.2. The van der Waals surface area contributed by atoms with Crippen molar-refractivity contribution in [1.29, 1.82) is 0 Å². The molecule has 0 radical (unpaired) electrons. The highest BCUT2D eigenvalue weighted by Crippen LogP contribution is 2.32. The van der Waals surface area contributed by atoms with Crippen LogP contribution in [0.1, 0.15) is 11.1 Å². The first-order valence-corrected chi connectivity index (χ1v) is 6.81. The summed E-state index contributed by atoms with van der Waals surface area (Å²) in [7, 11) is 0. The third-order valence-electron chi connectivity index (χ3n) is 3.15. The fourth-order valence-corrected chi connectivity index (χ4v) is 2.43. The van der Waals surface area contributed by atoms with E-state index in [-0.39, 0.29) is 17.0 Å². The van der Waals surface area contributed by atoms with Gasteiger partial charge in [0.2, 0.25) is 0 Å². The molecule has 0 saturated heterocycles. The lowest BCUT2D eigenvalue weighted by Crippen LogP contribution is -2.43. The predicted octanol–water partition coefficient (Wildman–Crippen LogP) is 3.05. The van der Waals surface area contributed by atoms with Gasteiger partial charge in [0.15, 0.2) is 5.60 Å². The van der Waals surface area contributed by atoms with Gasteiger partial charge in [-0.2, -0.15) is 0 Å². The quantitative estimate of drug-likeness (QED) is 0.906. The normalized spacial score (nSPS) is 13.7. The monoisotopic (exact) mass is 327 g/mol. The third-order valence-corrected chi connectivity index (χ3v) is 3.74. The number of hydrogen-bond donors (Lipinski definition) is 2. The summed E-state index contributed by atoms with van der Waals surface area (Å²) >= 11 is 11.7. The van der Waals surface area contributed by atoms with E-state index in [1.807, 2.05) is 0 Å². The molecule has 0 fully saturated rings. The van der Waals surface area contributed by atoms with Crippen LogP contribution in [-0.2, 0) is 16.8 Å². The molecule has 0 aliphatic carbocycles. The first-order chi connectivity index (χ1) is 9.83. The number of primary amides is 1. The second-order valence-electron chi connectivity index (χ2n) is 4.65. The summed E-state index contributed by atoms with van der Waals surface area (Å²) < 4.78 is 13.4. The number of carbonyl (C=O) groups excluding carboxylic acids is 1. The molecule has 1 amide bonds. The molecular weight excluding hydrogens is 316 g/mol. The van der Waals surface area contributed by atoms with Crippen molar-refractivity contribution >= 4 is 29.1 Å². The first kappa shape index (κ1) is 15.8. The molecule has 0 aliphatic rings. The van der Waals surface area contributed by atoms with E-state index in [4.69, 9.17) is 28.9 Å². The zero-order valence-corrected chi connectivity index (χ0v) is 12.3. The minimum absolute atomic E-state index is 0.0617. The van der Waals surface area contributed by atoms with Crippen LogP contribution in [0.5, 0.6) is 0 Å². The molecule has 2 aromatic rings. The van der Waals surface area contributed by atoms with E-state index in [2.05, 4.69) is 0 Å². The minimum Gasteiger partial charge on any atom is -0.375 e. The van der Waals surface area contributed by atoms with Gasteiger partial charge in [0.25, 0.3) is 5.91 Å². The Bertz CT molecular complexity index is 676. The largest absolute Gasteiger partial charge is 0.375 e. The summed E-state index contributed by atoms with van der Waals surface area (Å²) in [5.41, 5.74) is 3.75. The fraction of sp³-hybridized carbons (Fsp3) is 0.133. The zero-order valence-electron chi connectivity index (χ0n) is 10.8. The highest BCUT2D eigenvalue weighted by molar-refractivity contribution is 6.31. The van der Waals surface area contributed by atoms with Gasteiger partial charge in [-0.25, -0.2) is 4.39 Å². The average Bonchev–Trinajstić information content (AvgIpc) is 2.43. The summed E-state index contributed by atoms with van der Waals surface area (Å²) in [5.74, 6) is -1.63. The average molecular weight is 328 g/mol. The third kappa shape index (κ3) is 3.35. The molecule has 1 unspecified atom stereocenters. The predicted molar refractivity (Wildman–Crippen MR) is 79.7 cm³/mol. The van der Waals surface area contributed by atoms with Crippen molar-refractivity contribution in [2.75, 3.05) is 0 Å². The van der Waals surface area contributed by atoms with Crippen LogP contribution in [0.3, 0.4) is 0 Å². The molecule has 0 spiro atoms. The van der Waals surface area contributed by atoms with Crippen LogP contribution in [-0.4, -0.2) is 11.0 Å². The van der Waals surface area contributed by atoms with Crippen molar-refractivity contribution in [2.45, 2.75) is 12.0 Å². The zero-order chi connectivity index (χ0) is 15.6. The van der Waals surface area contributed by atoms with Gasteiger partial charge in [-0.3, -0.25) is 4.79 Å². The number of halogens is 3. The molecule has 3 nitrogen and oxygen atoms in total. The number of rotatable bonds is 4. The van der Waals surface area contributed by atoms with Gasteiger partial charge in [-0.05, 0) is 35.9 Å². The van der Waals surface area contributed by atoms with Gasteiger partial charge >= 0.3 is 0 Å². The molecule has 0 heterocycles. The molecule has 1 atom stereocenters. The number of benzene rings is 2. The van der Waals surface area contributed by atoms with Gasteiger partial charge in [0.05, 0.1) is 0 Å². The second kappa shape index (κ2) is 6.02. The SMILES string of the molecule is NC(=O)C(O)(Cc1ccc(Cl)cc1)c1cc(F)ccc1Cl.